The quantitative estimate of drug-likeness (QED) is 0.525. The molecule has 1 amide bonds. The van der Waals surface area contributed by atoms with E-state index < -0.39 is 46.3 Å². The van der Waals surface area contributed by atoms with Crippen molar-refractivity contribution in [2.45, 2.75) is 44.2 Å². The first-order chi connectivity index (χ1) is 16.1. The van der Waals surface area contributed by atoms with E-state index in [-0.39, 0.29) is 17.5 Å². The average molecular weight is 470 g/mol. The van der Waals surface area contributed by atoms with Gasteiger partial charge in [-0.05, 0) is 67.5 Å². The maximum Gasteiger partial charge on any atom is 0.274 e. The Kier molecular flexibility index (Phi) is 6.42. The summed E-state index contributed by atoms with van der Waals surface area (Å²) in [6.07, 6.45) is 4.25. The van der Waals surface area contributed by atoms with Crippen LogP contribution in [0.15, 0.2) is 48.8 Å². The Balaban J connectivity index is 1.63. The highest BCUT2D eigenvalue weighted by atomic mass is 19.1. The van der Waals surface area contributed by atoms with Crippen LogP contribution in [0.4, 0.5) is 18.9 Å². The monoisotopic (exact) mass is 470 g/mol. The van der Waals surface area contributed by atoms with E-state index in [1.807, 2.05) is 6.92 Å². The zero-order valence-corrected chi connectivity index (χ0v) is 18.7. The van der Waals surface area contributed by atoms with Crippen LogP contribution in [0.3, 0.4) is 0 Å². The number of halogens is 3. The molecule has 2 heterocycles. The fourth-order valence-electron chi connectivity index (χ4n) is 4.45. The van der Waals surface area contributed by atoms with Crippen LogP contribution in [0.25, 0.3) is 11.3 Å². The molecule has 1 fully saturated rings. The molecule has 178 valence electrons. The van der Waals surface area contributed by atoms with Gasteiger partial charge in [0.25, 0.3) is 5.91 Å². The molecule has 0 aliphatic heterocycles. The number of nitrogens with two attached hydrogens (primary N) is 1. The lowest BCUT2D eigenvalue weighted by Crippen LogP contribution is -2.54. The van der Waals surface area contributed by atoms with E-state index in [2.05, 4.69) is 15.3 Å². The molecule has 34 heavy (non-hydrogen) atoms. The van der Waals surface area contributed by atoms with Crippen molar-refractivity contribution in [2.75, 3.05) is 5.32 Å². The molecule has 0 bridgehead atoms. The second kappa shape index (κ2) is 9.15. The fraction of sp³-hybridized carbons (Fsp3) is 0.320. The summed E-state index contributed by atoms with van der Waals surface area (Å²) in [5.74, 6) is -3.73. The van der Waals surface area contributed by atoms with Gasteiger partial charge in [0.15, 0.2) is 0 Å². The summed E-state index contributed by atoms with van der Waals surface area (Å²) >= 11 is 0. The smallest absolute Gasteiger partial charge is 0.274 e. The van der Waals surface area contributed by atoms with Crippen molar-refractivity contribution in [1.82, 2.24) is 9.97 Å². The van der Waals surface area contributed by atoms with E-state index in [9.17, 15) is 23.1 Å². The first kappa shape index (κ1) is 23.8. The van der Waals surface area contributed by atoms with Crippen LogP contribution >= 0.6 is 0 Å². The number of amides is 1. The minimum atomic E-state index is -0.997. The van der Waals surface area contributed by atoms with Crippen molar-refractivity contribution in [3.05, 3.63) is 77.5 Å². The molecule has 0 radical (unpaired) electrons. The van der Waals surface area contributed by atoms with Crippen LogP contribution in [0.1, 0.15) is 48.7 Å². The number of benzene rings is 1. The van der Waals surface area contributed by atoms with E-state index >= 15 is 0 Å². The van der Waals surface area contributed by atoms with Crippen LogP contribution < -0.4 is 11.1 Å². The maximum atomic E-state index is 14.4. The fourth-order valence-corrected chi connectivity index (χ4v) is 4.45. The lowest BCUT2D eigenvalue weighted by Gasteiger charge is -2.44. The third kappa shape index (κ3) is 4.41. The number of aliphatic hydroxyl groups is 1. The molecule has 1 aliphatic carbocycles. The van der Waals surface area contributed by atoms with E-state index in [0.717, 1.165) is 35.9 Å². The molecule has 3 aromatic rings. The van der Waals surface area contributed by atoms with E-state index in [4.69, 9.17) is 5.73 Å². The summed E-state index contributed by atoms with van der Waals surface area (Å²) in [5.41, 5.74) is 4.99. The third-order valence-electron chi connectivity index (χ3n) is 6.75. The number of anilines is 1. The molecular formula is C25H25F3N4O2. The molecule has 4 atom stereocenters. The third-order valence-corrected chi connectivity index (χ3v) is 6.75. The van der Waals surface area contributed by atoms with Crippen LogP contribution in [-0.4, -0.2) is 32.6 Å². The molecule has 1 aliphatic rings. The normalized spacial score (nSPS) is 24.6. The topological polar surface area (TPSA) is 101 Å². The standard InChI is InChI=1S/C25H25F3N4O2/c1-13-10-14(11-21(29)25(13,2)34)15-8-9-30-12-20(15)32-24(33)19-7-6-18(28)23(31-19)22-16(26)4-3-5-17(22)27/h3-9,12-14,21,34H,10-11,29H2,1-2H3,(H,32,33)/t13-,14+,21+,25+/m1/s1. The Hall–Kier alpha value is -3.30. The highest BCUT2D eigenvalue weighted by molar-refractivity contribution is 6.03. The second-order valence-electron chi connectivity index (χ2n) is 8.94. The van der Waals surface area contributed by atoms with Gasteiger partial charge in [0.05, 0.1) is 23.0 Å². The molecule has 0 spiro atoms. The zero-order valence-electron chi connectivity index (χ0n) is 18.7. The maximum absolute atomic E-state index is 14.4. The Morgan fingerprint density at radius 1 is 1.12 bits per heavy atom. The lowest BCUT2D eigenvalue weighted by molar-refractivity contribution is -0.0463. The Morgan fingerprint density at radius 2 is 1.82 bits per heavy atom. The second-order valence-corrected chi connectivity index (χ2v) is 8.94. The van der Waals surface area contributed by atoms with Crippen molar-refractivity contribution in [2.24, 2.45) is 11.7 Å². The van der Waals surface area contributed by atoms with Gasteiger partial charge in [-0.15, -0.1) is 0 Å². The highest BCUT2D eigenvalue weighted by Crippen LogP contribution is 2.42. The zero-order chi connectivity index (χ0) is 24.6. The van der Waals surface area contributed by atoms with Crippen molar-refractivity contribution in [3.63, 3.8) is 0 Å². The van der Waals surface area contributed by atoms with Crippen LogP contribution in [0.2, 0.25) is 0 Å². The van der Waals surface area contributed by atoms with Gasteiger partial charge >= 0.3 is 0 Å². The Bertz CT molecular complexity index is 1200. The molecule has 0 saturated heterocycles. The summed E-state index contributed by atoms with van der Waals surface area (Å²) in [5, 5.41) is 13.3. The highest BCUT2D eigenvalue weighted by Gasteiger charge is 2.42. The summed E-state index contributed by atoms with van der Waals surface area (Å²) < 4.78 is 42.8. The van der Waals surface area contributed by atoms with E-state index in [1.165, 1.54) is 6.20 Å². The van der Waals surface area contributed by atoms with Crippen molar-refractivity contribution >= 4 is 11.6 Å². The number of hydrogen-bond donors (Lipinski definition) is 3. The number of nitrogens with zero attached hydrogens (tertiary/aromatic N) is 2. The molecule has 9 heteroatoms. The van der Waals surface area contributed by atoms with Gasteiger partial charge in [-0.3, -0.25) is 9.78 Å². The number of carbonyl (C=O) groups excluding carboxylic acids is 1. The number of aromatic nitrogens is 2. The average Bonchev–Trinajstić information content (AvgIpc) is 2.79. The van der Waals surface area contributed by atoms with Crippen molar-refractivity contribution in [1.29, 1.82) is 0 Å². The van der Waals surface area contributed by atoms with Gasteiger partial charge in [0, 0.05) is 12.2 Å². The largest absolute Gasteiger partial charge is 0.388 e. The molecule has 4 N–H and O–H groups in total. The predicted octanol–water partition coefficient (Wildman–Crippen LogP) is 4.41. The summed E-state index contributed by atoms with van der Waals surface area (Å²) in [4.78, 5) is 21.0. The first-order valence-electron chi connectivity index (χ1n) is 10.9. The number of hydrogen-bond acceptors (Lipinski definition) is 5. The number of rotatable bonds is 4. The van der Waals surface area contributed by atoms with Gasteiger partial charge < -0.3 is 16.2 Å². The molecule has 0 unspecified atom stereocenters. The van der Waals surface area contributed by atoms with E-state index in [1.54, 1.807) is 19.2 Å². The molecular weight excluding hydrogens is 445 g/mol. The number of pyridine rings is 2. The molecule has 1 saturated carbocycles. The molecule has 6 nitrogen and oxygen atoms in total. The van der Waals surface area contributed by atoms with Crippen LogP contribution in [0, 0.1) is 23.4 Å². The number of carbonyl (C=O) groups is 1. The van der Waals surface area contributed by atoms with Gasteiger partial charge in [0.1, 0.15) is 28.8 Å². The Morgan fingerprint density at radius 3 is 2.50 bits per heavy atom. The minimum absolute atomic E-state index is 0.0345. The minimum Gasteiger partial charge on any atom is -0.388 e. The van der Waals surface area contributed by atoms with Gasteiger partial charge in [-0.1, -0.05) is 13.0 Å². The summed E-state index contributed by atoms with van der Waals surface area (Å²) in [7, 11) is 0. The molecule has 1 aromatic carbocycles. The van der Waals surface area contributed by atoms with Crippen molar-refractivity contribution < 1.29 is 23.1 Å². The lowest BCUT2D eigenvalue weighted by atomic mass is 9.68. The molecule has 2 aromatic heterocycles. The van der Waals surface area contributed by atoms with Crippen LogP contribution in [-0.2, 0) is 0 Å². The Labute approximate surface area is 195 Å². The SMILES string of the molecule is C[C@@H]1C[C@H](c2ccncc2NC(=O)c2ccc(F)c(-c3c(F)cccc3F)n2)C[C@H](N)[C@@]1(C)O. The van der Waals surface area contributed by atoms with Crippen molar-refractivity contribution in [3.8, 4) is 11.3 Å². The molecule has 4 rings (SSSR count). The van der Waals surface area contributed by atoms with Gasteiger partial charge in [0.2, 0.25) is 0 Å². The van der Waals surface area contributed by atoms with Gasteiger partial charge in [-0.2, -0.15) is 0 Å². The predicted molar refractivity (Wildman–Crippen MR) is 121 cm³/mol. The summed E-state index contributed by atoms with van der Waals surface area (Å²) in [6.45, 7) is 3.65. The summed E-state index contributed by atoms with van der Waals surface area (Å²) in [6, 6.07) is 6.54. The number of nitrogens with one attached hydrogen (secondary N) is 1. The first-order valence-corrected chi connectivity index (χ1v) is 10.9. The van der Waals surface area contributed by atoms with Gasteiger partial charge in [-0.25, -0.2) is 18.2 Å². The van der Waals surface area contributed by atoms with E-state index in [0.29, 0.717) is 18.5 Å². The van der Waals surface area contributed by atoms with Crippen LogP contribution in [0.5, 0.6) is 0 Å².